The molecule has 6 rings (SSSR count). The average Bonchev–Trinajstić information content (AvgIpc) is 3.34. The lowest BCUT2D eigenvalue weighted by molar-refractivity contribution is 0.203. The first kappa shape index (κ1) is 19.1. The first-order valence-corrected chi connectivity index (χ1v) is 11.3. The second-order valence-corrected chi connectivity index (χ2v) is 8.69. The Morgan fingerprint density at radius 2 is 1.66 bits per heavy atom. The van der Waals surface area contributed by atoms with Gasteiger partial charge in [-0.05, 0) is 66.0 Å². The van der Waals surface area contributed by atoms with Crippen LogP contribution in [0, 0.1) is 0 Å². The number of nitrogens with one attached hydrogen (secondary N) is 1. The van der Waals surface area contributed by atoms with E-state index in [1.54, 1.807) is 12.4 Å². The number of aromatic amines is 1. The number of nitrogens with zero attached hydrogens (tertiary/aromatic N) is 4. The molecule has 0 unspecified atom stereocenters. The largest absolute Gasteiger partial charge is 0.299 e. The molecular weight excluding hydrogens is 394 g/mol. The van der Waals surface area contributed by atoms with E-state index in [1.165, 1.54) is 33.2 Å². The summed E-state index contributed by atoms with van der Waals surface area (Å²) in [7, 11) is 0. The van der Waals surface area contributed by atoms with Crippen LogP contribution < -0.4 is 0 Å². The summed E-state index contributed by atoms with van der Waals surface area (Å²) in [6.45, 7) is 3.12. The van der Waals surface area contributed by atoms with Crippen LogP contribution in [0.2, 0.25) is 0 Å². The van der Waals surface area contributed by atoms with Gasteiger partial charge in [-0.15, -0.1) is 0 Å². The molecule has 158 valence electrons. The molecule has 1 N–H and O–H groups in total. The molecule has 1 saturated heterocycles. The van der Waals surface area contributed by atoms with E-state index >= 15 is 0 Å². The van der Waals surface area contributed by atoms with Crippen LogP contribution in [0.4, 0.5) is 0 Å². The Hall–Kier alpha value is -3.57. The predicted molar refractivity (Wildman–Crippen MR) is 128 cm³/mol. The van der Waals surface area contributed by atoms with Crippen molar-refractivity contribution >= 4 is 21.8 Å². The first-order valence-electron chi connectivity index (χ1n) is 11.3. The van der Waals surface area contributed by atoms with Crippen LogP contribution in [0.25, 0.3) is 32.9 Å². The van der Waals surface area contributed by atoms with Gasteiger partial charge in [0, 0.05) is 36.1 Å². The summed E-state index contributed by atoms with van der Waals surface area (Å²) in [5, 5.41) is 10.3. The molecule has 5 nitrogen and oxygen atoms in total. The number of aromatic nitrogens is 4. The summed E-state index contributed by atoms with van der Waals surface area (Å²) in [5.74, 6) is 0.512. The summed E-state index contributed by atoms with van der Waals surface area (Å²) in [6.07, 6.45) is 7.76. The summed E-state index contributed by atoms with van der Waals surface area (Å²) in [4.78, 5) is 11.4. The molecule has 0 amide bonds. The first-order chi connectivity index (χ1) is 15.8. The number of benzene rings is 3. The Balaban J connectivity index is 1.16. The second kappa shape index (κ2) is 8.17. The number of H-pyrrole nitrogens is 1. The lowest BCUT2D eigenvalue weighted by atomic mass is 9.89. The smallest absolute Gasteiger partial charge is 0.0890 e. The highest BCUT2D eigenvalue weighted by molar-refractivity contribution is 5.87. The Labute approximate surface area is 187 Å². The maximum atomic E-state index is 4.45. The number of hydrogen-bond donors (Lipinski definition) is 1. The van der Waals surface area contributed by atoms with Gasteiger partial charge in [0.2, 0.25) is 0 Å². The van der Waals surface area contributed by atoms with Gasteiger partial charge in [0.25, 0.3) is 0 Å². The third-order valence-corrected chi connectivity index (χ3v) is 6.67. The van der Waals surface area contributed by atoms with Gasteiger partial charge in [0.1, 0.15) is 0 Å². The zero-order valence-corrected chi connectivity index (χ0v) is 17.9. The van der Waals surface area contributed by atoms with Crippen molar-refractivity contribution in [3.63, 3.8) is 0 Å². The minimum atomic E-state index is 0.512. The summed E-state index contributed by atoms with van der Waals surface area (Å²) >= 11 is 0. The maximum Gasteiger partial charge on any atom is 0.0890 e. The van der Waals surface area contributed by atoms with Crippen molar-refractivity contribution < 1.29 is 0 Å². The van der Waals surface area contributed by atoms with E-state index < -0.39 is 0 Å². The summed E-state index contributed by atoms with van der Waals surface area (Å²) in [5.41, 5.74) is 6.98. The zero-order chi connectivity index (χ0) is 21.3. The number of likely N-dealkylation sites (tertiary alicyclic amines) is 1. The quantitative estimate of drug-likeness (QED) is 0.415. The Morgan fingerprint density at radius 1 is 0.844 bits per heavy atom. The predicted octanol–water partition coefficient (Wildman–Crippen LogP) is 5.55. The molecule has 5 heteroatoms. The van der Waals surface area contributed by atoms with Crippen molar-refractivity contribution in [3.05, 3.63) is 90.5 Å². The van der Waals surface area contributed by atoms with E-state index in [0.29, 0.717) is 5.92 Å². The monoisotopic (exact) mass is 419 g/mol. The molecule has 2 aromatic heterocycles. The van der Waals surface area contributed by atoms with E-state index in [-0.39, 0.29) is 0 Å². The maximum absolute atomic E-state index is 4.45. The topological polar surface area (TPSA) is 57.7 Å². The fourth-order valence-electron chi connectivity index (χ4n) is 4.94. The molecule has 1 aliphatic heterocycles. The van der Waals surface area contributed by atoms with E-state index in [9.17, 15) is 0 Å². The highest BCUT2D eigenvalue weighted by Gasteiger charge is 2.24. The third kappa shape index (κ3) is 3.65. The Morgan fingerprint density at radius 3 is 2.53 bits per heavy atom. The fourth-order valence-corrected chi connectivity index (χ4v) is 4.94. The molecule has 0 spiro atoms. The molecule has 0 bridgehead atoms. The molecule has 5 aromatic rings. The van der Waals surface area contributed by atoms with Crippen LogP contribution in [0.15, 0.2) is 79.3 Å². The van der Waals surface area contributed by atoms with Crippen LogP contribution >= 0.6 is 0 Å². The van der Waals surface area contributed by atoms with Crippen molar-refractivity contribution in [3.8, 4) is 11.1 Å². The van der Waals surface area contributed by atoms with Crippen LogP contribution in [0.3, 0.4) is 0 Å². The van der Waals surface area contributed by atoms with E-state index in [2.05, 4.69) is 85.7 Å². The molecule has 32 heavy (non-hydrogen) atoms. The van der Waals surface area contributed by atoms with Gasteiger partial charge in [-0.3, -0.25) is 20.0 Å². The van der Waals surface area contributed by atoms with Gasteiger partial charge in [-0.2, -0.15) is 5.10 Å². The van der Waals surface area contributed by atoms with Crippen molar-refractivity contribution in [1.29, 1.82) is 0 Å². The number of piperidine rings is 1. The zero-order valence-electron chi connectivity index (χ0n) is 17.9. The van der Waals surface area contributed by atoms with Gasteiger partial charge in [0.05, 0.1) is 17.2 Å². The third-order valence-electron chi connectivity index (χ3n) is 6.67. The van der Waals surface area contributed by atoms with Gasteiger partial charge in [0.15, 0.2) is 0 Å². The number of rotatable bonds is 4. The number of hydrogen-bond acceptors (Lipinski definition) is 4. The standard InChI is InChI=1S/C27H25N5/c1-2-4-22-16-23(7-6-20(22)3-1)24-17-30-31-27(24)21-9-13-32(14-10-21)18-19-5-8-25-26(15-19)29-12-11-28-25/h1-8,11-12,15-17,21H,9-10,13-14,18H2,(H,30,31). The summed E-state index contributed by atoms with van der Waals surface area (Å²) in [6, 6.07) is 21.6. The molecule has 0 atom stereocenters. The average molecular weight is 420 g/mol. The molecule has 0 radical (unpaired) electrons. The van der Waals surface area contributed by atoms with Crippen molar-refractivity contribution in [2.45, 2.75) is 25.3 Å². The van der Waals surface area contributed by atoms with Gasteiger partial charge >= 0.3 is 0 Å². The van der Waals surface area contributed by atoms with Gasteiger partial charge < -0.3 is 0 Å². The molecule has 1 fully saturated rings. The molecule has 3 heterocycles. The lowest BCUT2D eigenvalue weighted by Crippen LogP contribution is -2.32. The van der Waals surface area contributed by atoms with E-state index in [4.69, 9.17) is 0 Å². The van der Waals surface area contributed by atoms with Gasteiger partial charge in [-0.25, -0.2) is 0 Å². The Kier molecular flexibility index (Phi) is 4.89. The molecule has 0 saturated carbocycles. The van der Waals surface area contributed by atoms with Gasteiger partial charge in [-0.1, -0.05) is 42.5 Å². The van der Waals surface area contributed by atoms with E-state index in [0.717, 1.165) is 43.5 Å². The highest BCUT2D eigenvalue weighted by atomic mass is 15.1. The molecular formula is C27H25N5. The minimum absolute atomic E-state index is 0.512. The normalized spacial score (nSPS) is 15.5. The molecule has 1 aliphatic rings. The SMILES string of the molecule is c1ccc2cc(-c3cn[nH]c3C3CCN(Cc4ccc5nccnc5c4)CC3)ccc2c1. The minimum Gasteiger partial charge on any atom is -0.299 e. The van der Waals surface area contributed by atoms with E-state index in [1.807, 2.05) is 6.20 Å². The highest BCUT2D eigenvalue weighted by Crippen LogP contribution is 2.35. The van der Waals surface area contributed by atoms with Crippen LogP contribution in [0.1, 0.15) is 30.0 Å². The van der Waals surface area contributed by atoms with Crippen molar-refractivity contribution in [2.24, 2.45) is 0 Å². The van der Waals surface area contributed by atoms with Crippen LogP contribution in [-0.4, -0.2) is 38.2 Å². The van der Waals surface area contributed by atoms with Crippen LogP contribution in [-0.2, 0) is 6.54 Å². The van der Waals surface area contributed by atoms with Crippen molar-refractivity contribution in [1.82, 2.24) is 25.1 Å². The lowest BCUT2D eigenvalue weighted by Gasteiger charge is -2.32. The summed E-state index contributed by atoms with van der Waals surface area (Å²) < 4.78 is 0. The Bertz CT molecular complexity index is 1380. The second-order valence-electron chi connectivity index (χ2n) is 8.69. The molecule has 0 aliphatic carbocycles. The number of fused-ring (bicyclic) bond motifs is 2. The fraction of sp³-hybridized carbons (Fsp3) is 0.222. The van der Waals surface area contributed by atoms with Crippen molar-refractivity contribution in [2.75, 3.05) is 13.1 Å². The van der Waals surface area contributed by atoms with Crippen LogP contribution in [0.5, 0.6) is 0 Å². The molecule has 3 aromatic carbocycles.